The first-order valence-corrected chi connectivity index (χ1v) is 13.7. The first-order valence-electron chi connectivity index (χ1n) is 13.7. The number of benzene rings is 3. The first-order chi connectivity index (χ1) is 19.1. The number of hydrazine groups is 1. The fourth-order valence-electron chi connectivity index (χ4n) is 5.38. The molecule has 1 aliphatic carbocycles. The number of carbonyl (C=O) groups is 1. The lowest BCUT2D eigenvalue weighted by molar-refractivity contribution is -0.132. The van der Waals surface area contributed by atoms with Gasteiger partial charge in [0.25, 0.3) is 5.91 Å². The lowest BCUT2D eigenvalue weighted by atomic mass is 9.84. The number of halogens is 1. The van der Waals surface area contributed by atoms with E-state index < -0.39 is 0 Å². The van der Waals surface area contributed by atoms with Crippen LogP contribution < -0.4 is 5.43 Å². The third kappa shape index (κ3) is 6.80. The summed E-state index contributed by atoms with van der Waals surface area (Å²) < 4.78 is 20.3. The second kappa shape index (κ2) is 12.8. The Morgan fingerprint density at radius 2 is 1.62 bits per heavy atom. The minimum Gasteiger partial charge on any atom is -0.369 e. The Labute approximate surface area is 230 Å². The summed E-state index contributed by atoms with van der Waals surface area (Å²) in [7, 11) is 0. The zero-order valence-corrected chi connectivity index (χ0v) is 22.4. The highest BCUT2D eigenvalue weighted by Crippen LogP contribution is 2.34. The molecule has 200 valence electrons. The van der Waals surface area contributed by atoms with Crippen molar-refractivity contribution in [1.29, 1.82) is 0 Å². The highest BCUT2D eigenvalue weighted by molar-refractivity contribution is 5.96. The van der Waals surface area contributed by atoms with E-state index in [4.69, 9.17) is 4.74 Å². The molecule has 1 amide bonds. The second-order valence-corrected chi connectivity index (χ2v) is 10.1. The van der Waals surface area contributed by atoms with Gasteiger partial charge in [-0.15, -0.1) is 0 Å². The van der Waals surface area contributed by atoms with Gasteiger partial charge in [0.05, 0.1) is 12.7 Å². The van der Waals surface area contributed by atoms with Crippen molar-refractivity contribution >= 4 is 5.91 Å². The van der Waals surface area contributed by atoms with Crippen molar-refractivity contribution in [3.05, 3.63) is 142 Å². The lowest BCUT2D eigenvalue weighted by Gasteiger charge is -2.38. The number of amides is 1. The minimum absolute atomic E-state index is 0.0207. The molecule has 1 aliphatic heterocycles. The van der Waals surface area contributed by atoms with Crippen LogP contribution in [0.2, 0.25) is 0 Å². The Morgan fingerprint density at radius 3 is 2.36 bits per heavy atom. The van der Waals surface area contributed by atoms with Gasteiger partial charge in [-0.05, 0) is 72.6 Å². The van der Waals surface area contributed by atoms with Crippen molar-refractivity contribution in [3.63, 3.8) is 0 Å². The molecule has 3 aromatic carbocycles. The highest BCUT2D eigenvalue weighted by Gasteiger charge is 2.35. The molecule has 0 saturated heterocycles. The fourth-order valence-corrected chi connectivity index (χ4v) is 5.38. The third-order valence-electron chi connectivity index (χ3n) is 7.34. The Bertz CT molecular complexity index is 1360. The number of nitrogens with zero attached hydrogens (tertiary/aromatic N) is 1. The van der Waals surface area contributed by atoms with Crippen LogP contribution in [-0.4, -0.2) is 29.6 Å². The van der Waals surface area contributed by atoms with Gasteiger partial charge < -0.3 is 4.74 Å². The van der Waals surface area contributed by atoms with Crippen LogP contribution >= 0.6 is 0 Å². The van der Waals surface area contributed by atoms with E-state index in [0.717, 1.165) is 40.7 Å². The van der Waals surface area contributed by atoms with Crippen molar-refractivity contribution in [1.82, 2.24) is 10.4 Å². The summed E-state index contributed by atoms with van der Waals surface area (Å²) in [6, 6.07) is 26.9. The average molecular weight is 523 g/mol. The summed E-state index contributed by atoms with van der Waals surface area (Å²) in [5.74, 6) is -0.279. The number of nitrogens with one attached hydrogen (secondary N) is 1. The smallest absolute Gasteiger partial charge is 0.264 e. The zero-order valence-electron chi connectivity index (χ0n) is 22.4. The summed E-state index contributed by atoms with van der Waals surface area (Å²) in [6.07, 6.45) is 8.71. The number of hydrogen-bond acceptors (Lipinski definition) is 3. The Hall–Kier alpha value is -3.80. The Morgan fingerprint density at radius 1 is 0.897 bits per heavy atom. The van der Waals surface area contributed by atoms with Crippen molar-refractivity contribution in [2.45, 2.75) is 51.4 Å². The van der Waals surface area contributed by atoms with Crippen LogP contribution in [-0.2, 0) is 29.0 Å². The van der Waals surface area contributed by atoms with E-state index in [1.54, 1.807) is 17.1 Å². The zero-order chi connectivity index (χ0) is 27.0. The normalized spacial score (nSPS) is 19.4. The number of aryl methyl sites for hydroxylation is 1. The summed E-state index contributed by atoms with van der Waals surface area (Å²) in [4.78, 5) is 14.0. The molecule has 5 heteroatoms. The van der Waals surface area contributed by atoms with E-state index >= 15 is 0 Å². The number of hydrogen-bond donors (Lipinski definition) is 1. The largest absolute Gasteiger partial charge is 0.369 e. The monoisotopic (exact) mass is 522 g/mol. The summed E-state index contributed by atoms with van der Waals surface area (Å²) >= 11 is 0. The summed E-state index contributed by atoms with van der Waals surface area (Å²) in [5, 5.41) is 1.75. The first kappa shape index (κ1) is 26.8. The molecular formula is C34H35FN2O2. The van der Waals surface area contributed by atoms with Crippen LogP contribution in [0.5, 0.6) is 0 Å². The average Bonchev–Trinajstić information content (AvgIpc) is 2.97. The van der Waals surface area contributed by atoms with Crippen LogP contribution in [0.3, 0.4) is 0 Å². The number of ether oxygens (including phenoxy) is 1. The molecule has 0 spiro atoms. The number of rotatable bonds is 10. The molecule has 0 radical (unpaired) electrons. The molecule has 2 atom stereocenters. The molecule has 4 nitrogen and oxygen atoms in total. The molecule has 0 saturated carbocycles. The van der Waals surface area contributed by atoms with Crippen molar-refractivity contribution in [3.8, 4) is 0 Å². The summed E-state index contributed by atoms with van der Waals surface area (Å²) in [5.41, 5.74) is 9.45. The van der Waals surface area contributed by atoms with Gasteiger partial charge in [0.15, 0.2) is 0 Å². The van der Waals surface area contributed by atoms with Crippen LogP contribution in [0.15, 0.2) is 120 Å². The van der Waals surface area contributed by atoms with Crippen LogP contribution in [0.4, 0.5) is 4.39 Å². The van der Waals surface area contributed by atoms with Crippen molar-refractivity contribution < 1.29 is 13.9 Å². The van der Waals surface area contributed by atoms with E-state index in [2.05, 4.69) is 48.8 Å². The van der Waals surface area contributed by atoms with Gasteiger partial charge in [0.2, 0.25) is 0 Å². The molecule has 0 bridgehead atoms. The van der Waals surface area contributed by atoms with Crippen LogP contribution in [0.25, 0.3) is 0 Å². The molecule has 2 aliphatic rings. The predicted molar refractivity (Wildman–Crippen MR) is 153 cm³/mol. The van der Waals surface area contributed by atoms with E-state index in [-0.39, 0.29) is 23.9 Å². The fraction of sp³-hybridized carbons (Fsp3) is 0.265. The van der Waals surface area contributed by atoms with Gasteiger partial charge in [-0.3, -0.25) is 9.80 Å². The van der Waals surface area contributed by atoms with Crippen molar-refractivity contribution in [2.24, 2.45) is 0 Å². The predicted octanol–water partition coefficient (Wildman–Crippen LogP) is 6.50. The maximum absolute atomic E-state index is 14.0. The SMILES string of the molecule is CC1NN(CCc2ccccc2)C(=O)C(CCc2cccc(F)c2)=C1C1=CC=CCC1OCc1ccccc1. The van der Waals surface area contributed by atoms with E-state index in [1.165, 1.54) is 11.6 Å². The molecule has 0 aromatic heterocycles. The minimum atomic E-state index is -0.259. The highest BCUT2D eigenvalue weighted by atomic mass is 19.1. The van der Waals surface area contributed by atoms with Gasteiger partial charge in [0, 0.05) is 18.2 Å². The molecule has 1 heterocycles. The lowest BCUT2D eigenvalue weighted by Crippen LogP contribution is -2.54. The van der Waals surface area contributed by atoms with Gasteiger partial charge in [-0.25, -0.2) is 9.82 Å². The Kier molecular flexibility index (Phi) is 8.82. The van der Waals surface area contributed by atoms with E-state index in [9.17, 15) is 9.18 Å². The van der Waals surface area contributed by atoms with Crippen LogP contribution in [0, 0.1) is 5.82 Å². The Balaban J connectivity index is 1.42. The topological polar surface area (TPSA) is 41.6 Å². The standard InChI is InChI=1S/C34H35FN2O2/c1-25-33(30-17-8-9-18-32(30)39-24-28-13-6-3-7-14-28)31(20-19-27-15-10-16-29(35)23-27)34(38)37(36-25)22-21-26-11-4-2-5-12-26/h2-17,23,25,32,36H,18-22,24H2,1H3. The van der Waals surface area contributed by atoms with Gasteiger partial charge >= 0.3 is 0 Å². The summed E-state index contributed by atoms with van der Waals surface area (Å²) in [6.45, 7) is 3.17. The molecule has 5 rings (SSSR count). The van der Waals surface area contributed by atoms with Crippen LogP contribution in [0.1, 0.15) is 36.5 Å². The van der Waals surface area contributed by atoms with Gasteiger partial charge in [-0.2, -0.15) is 0 Å². The maximum Gasteiger partial charge on any atom is 0.264 e. The van der Waals surface area contributed by atoms with E-state index in [0.29, 0.717) is 26.0 Å². The number of allylic oxidation sites excluding steroid dienone is 2. The van der Waals surface area contributed by atoms with E-state index in [1.807, 2.05) is 48.5 Å². The molecule has 0 fully saturated rings. The molecular weight excluding hydrogens is 487 g/mol. The quantitative estimate of drug-likeness (QED) is 0.330. The number of carbonyl (C=O) groups excluding carboxylic acids is 1. The molecule has 3 aromatic rings. The van der Waals surface area contributed by atoms with Gasteiger partial charge in [0.1, 0.15) is 5.82 Å². The molecule has 1 N–H and O–H groups in total. The molecule has 2 unspecified atom stereocenters. The maximum atomic E-state index is 14.0. The second-order valence-electron chi connectivity index (χ2n) is 10.1. The van der Waals surface area contributed by atoms with Crippen molar-refractivity contribution in [2.75, 3.05) is 6.54 Å². The van der Waals surface area contributed by atoms with Gasteiger partial charge in [-0.1, -0.05) is 91.0 Å². The molecule has 39 heavy (non-hydrogen) atoms. The third-order valence-corrected chi connectivity index (χ3v) is 7.34.